The van der Waals surface area contributed by atoms with E-state index in [0.29, 0.717) is 40.7 Å². The summed E-state index contributed by atoms with van der Waals surface area (Å²) in [4.78, 5) is 32.9. The van der Waals surface area contributed by atoms with Crippen molar-refractivity contribution < 1.29 is 14.3 Å². The molecule has 0 spiro atoms. The Kier molecular flexibility index (Phi) is 9.50. The summed E-state index contributed by atoms with van der Waals surface area (Å²) in [5, 5.41) is 13.0. The van der Waals surface area contributed by atoms with Gasteiger partial charge in [0.2, 0.25) is 11.6 Å². The number of hydrogen-bond acceptors (Lipinski definition) is 7. The van der Waals surface area contributed by atoms with Crippen LogP contribution in [0.2, 0.25) is 0 Å². The van der Waals surface area contributed by atoms with E-state index in [1.165, 1.54) is 16.7 Å². The number of aromatic nitrogens is 1. The predicted molar refractivity (Wildman–Crippen MR) is 136 cm³/mol. The number of nitrogens with one attached hydrogen (secondary N) is 1. The zero-order chi connectivity index (χ0) is 26.2. The summed E-state index contributed by atoms with van der Waals surface area (Å²) in [5.41, 5.74) is 7.94. The van der Waals surface area contributed by atoms with Gasteiger partial charge in [-0.05, 0) is 43.9 Å². The third kappa shape index (κ3) is 7.90. The van der Waals surface area contributed by atoms with Crippen molar-refractivity contribution in [2.24, 2.45) is 5.73 Å². The van der Waals surface area contributed by atoms with Crippen molar-refractivity contribution in [2.75, 3.05) is 18.5 Å². The first-order valence-electron chi connectivity index (χ1n) is 11.0. The largest absolute Gasteiger partial charge is 0.444 e. The van der Waals surface area contributed by atoms with E-state index in [4.69, 9.17) is 17.0 Å². The number of ether oxygens (including phenoxy) is 1. The van der Waals surface area contributed by atoms with Crippen molar-refractivity contribution in [1.82, 2.24) is 10.3 Å². The lowest BCUT2D eigenvalue weighted by Crippen LogP contribution is -2.32. The molecule has 0 aliphatic carbocycles. The molecule has 10 heteroatoms. The van der Waals surface area contributed by atoms with Crippen molar-refractivity contribution in [1.29, 1.82) is 5.26 Å². The molecule has 9 nitrogen and oxygen atoms in total. The molecular formula is C25H30N6O3S. The number of nitrogens with zero attached hydrogens (tertiary/aromatic N) is 4. The van der Waals surface area contributed by atoms with Crippen molar-refractivity contribution in [2.45, 2.75) is 57.0 Å². The molecular weight excluding hydrogens is 464 g/mol. The molecule has 0 unspecified atom stereocenters. The number of alkyl carbamates (subject to hydrolysis) is 1. The van der Waals surface area contributed by atoms with Crippen LogP contribution < -0.4 is 16.0 Å². The predicted octanol–water partition coefficient (Wildman–Crippen LogP) is 4.30. The van der Waals surface area contributed by atoms with Crippen LogP contribution in [0.4, 0.5) is 16.3 Å². The summed E-state index contributed by atoms with van der Waals surface area (Å²) in [6.07, 6.45) is 0.00640. The minimum atomic E-state index is -0.555. The highest BCUT2D eigenvalue weighted by Gasteiger charge is 2.22. The molecule has 0 saturated heterocycles. The number of anilines is 1. The number of hydrogen-bond donors (Lipinski definition) is 2. The summed E-state index contributed by atoms with van der Waals surface area (Å²) >= 11 is 1.39. The standard InChI is InChI=1S/C25H30N6O3S/c1-7-18-19(12-26)23(30-22(21(18)28-5)31(6)14-20(27)32)35-15-17-10-8-16(9-11-17)13-29-24(33)34-25(2,3)4/h8-11H,7,13-15H2,1-4,6H3,(H2,27,32)(H,29,33). The highest BCUT2D eigenvalue weighted by molar-refractivity contribution is 7.98. The number of pyridine rings is 1. The second-order valence-corrected chi connectivity index (χ2v) is 9.77. The number of rotatable bonds is 9. The van der Waals surface area contributed by atoms with Crippen LogP contribution in [0.25, 0.3) is 4.85 Å². The van der Waals surface area contributed by atoms with E-state index in [-0.39, 0.29) is 12.2 Å². The smallest absolute Gasteiger partial charge is 0.407 e. The number of carbonyl (C=O) groups excluding carboxylic acids is 2. The molecule has 2 aromatic rings. The fourth-order valence-corrected chi connectivity index (χ4v) is 4.20. The number of amides is 2. The lowest BCUT2D eigenvalue weighted by molar-refractivity contribution is -0.116. The van der Waals surface area contributed by atoms with Crippen LogP contribution in [-0.2, 0) is 28.2 Å². The molecule has 0 saturated carbocycles. The van der Waals surface area contributed by atoms with Gasteiger partial charge in [-0.2, -0.15) is 5.26 Å². The van der Waals surface area contributed by atoms with Gasteiger partial charge in [-0.15, -0.1) is 11.8 Å². The first-order chi connectivity index (χ1) is 16.5. The normalized spacial score (nSPS) is 10.7. The van der Waals surface area contributed by atoms with Gasteiger partial charge in [-0.25, -0.2) is 14.6 Å². The fourth-order valence-electron chi connectivity index (χ4n) is 3.24. The molecule has 0 aliphatic heterocycles. The molecule has 1 heterocycles. The van der Waals surface area contributed by atoms with Crippen LogP contribution in [0.15, 0.2) is 29.3 Å². The molecule has 0 atom stereocenters. The lowest BCUT2D eigenvalue weighted by atomic mass is 10.1. The van der Waals surface area contributed by atoms with Gasteiger partial charge in [0.05, 0.1) is 18.7 Å². The zero-order valence-corrected chi connectivity index (χ0v) is 21.5. The summed E-state index contributed by atoms with van der Waals surface area (Å²) in [7, 11) is 1.64. The van der Waals surface area contributed by atoms with Crippen LogP contribution in [0.3, 0.4) is 0 Å². The number of thioether (sulfide) groups is 1. The number of nitriles is 1. The Morgan fingerprint density at radius 3 is 2.43 bits per heavy atom. The SMILES string of the molecule is [C-]#[N+]c1c(N(C)CC(N)=O)nc(SCc2ccc(CNC(=O)OC(C)(C)C)cc2)c(C#N)c1CC. The fraction of sp³-hybridized carbons (Fsp3) is 0.400. The molecule has 1 aromatic heterocycles. The molecule has 3 N–H and O–H groups in total. The Morgan fingerprint density at radius 1 is 1.29 bits per heavy atom. The first-order valence-corrected chi connectivity index (χ1v) is 12.0. The van der Waals surface area contributed by atoms with Gasteiger partial charge >= 0.3 is 6.09 Å². The Hall–Kier alpha value is -3.76. The van der Waals surface area contributed by atoms with E-state index < -0.39 is 17.6 Å². The van der Waals surface area contributed by atoms with Gasteiger partial charge in [-0.1, -0.05) is 31.2 Å². The summed E-state index contributed by atoms with van der Waals surface area (Å²) in [6.45, 7) is 15.2. The Balaban J connectivity index is 2.19. The van der Waals surface area contributed by atoms with E-state index in [0.717, 1.165) is 11.1 Å². The third-order valence-corrected chi connectivity index (χ3v) is 5.83. The van der Waals surface area contributed by atoms with Crippen LogP contribution in [0, 0.1) is 17.9 Å². The maximum atomic E-state index is 11.8. The first kappa shape index (κ1) is 27.5. The minimum absolute atomic E-state index is 0.0898. The quantitative estimate of drug-likeness (QED) is 0.393. The van der Waals surface area contributed by atoms with E-state index in [2.05, 4.69) is 21.2 Å². The van der Waals surface area contributed by atoms with Gasteiger partial charge in [0.1, 0.15) is 22.5 Å². The van der Waals surface area contributed by atoms with Crippen molar-refractivity contribution in [3.8, 4) is 6.07 Å². The molecule has 2 rings (SSSR count). The second kappa shape index (κ2) is 12.1. The highest BCUT2D eigenvalue weighted by Crippen LogP contribution is 2.38. The van der Waals surface area contributed by atoms with Crippen molar-refractivity contribution in [3.63, 3.8) is 0 Å². The second-order valence-electron chi connectivity index (χ2n) is 8.80. The van der Waals surface area contributed by atoms with Gasteiger partial charge in [0, 0.05) is 19.3 Å². The minimum Gasteiger partial charge on any atom is -0.444 e. The average Bonchev–Trinajstić information content (AvgIpc) is 2.79. The molecule has 0 aliphatic rings. The Labute approximate surface area is 210 Å². The highest BCUT2D eigenvalue weighted by atomic mass is 32.2. The Bertz CT molecular complexity index is 1160. The van der Waals surface area contributed by atoms with Gasteiger partial charge in [0.15, 0.2) is 0 Å². The maximum Gasteiger partial charge on any atom is 0.407 e. The third-order valence-electron chi connectivity index (χ3n) is 4.79. The van der Waals surface area contributed by atoms with Gasteiger partial charge in [-0.3, -0.25) is 4.79 Å². The van der Waals surface area contributed by atoms with Gasteiger partial charge < -0.3 is 20.7 Å². The molecule has 0 radical (unpaired) electrons. The molecule has 2 amide bonds. The number of primary amides is 1. The molecule has 1 aromatic carbocycles. The van der Waals surface area contributed by atoms with E-state index in [1.807, 2.05) is 52.0 Å². The van der Waals surface area contributed by atoms with Crippen LogP contribution in [0.1, 0.15) is 49.9 Å². The summed E-state index contributed by atoms with van der Waals surface area (Å²) in [6, 6.07) is 9.91. The van der Waals surface area contributed by atoms with Crippen LogP contribution in [-0.4, -0.2) is 36.2 Å². The van der Waals surface area contributed by atoms with Gasteiger partial charge in [0.25, 0.3) is 0 Å². The van der Waals surface area contributed by atoms with E-state index >= 15 is 0 Å². The lowest BCUT2D eigenvalue weighted by Gasteiger charge is -2.21. The Morgan fingerprint density at radius 2 is 1.91 bits per heavy atom. The molecule has 0 fully saturated rings. The van der Waals surface area contributed by atoms with Crippen molar-refractivity contribution >= 4 is 35.3 Å². The van der Waals surface area contributed by atoms with Crippen LogP contribution in [0.5, 0.6) is 0 Å². The molecule has 0 bridgehead atoms. The number of carbonyl (C=O) groups is 2. The van der Waals surface area contributed by atoms with Crippen LogP contribution >= 0.6 is 11.8 Å². The van der Waals surface area contributed by atoms with Crippen molar-refractivity contribution in [3.05, 3.63) is 57.9 Å². The topological polar surface area (TPSA) is 126 Å². The number of nitrogens with two attached hydrogens (primary N) is 1. The van der Waals surface area contributed by atoms with E-state index in [1.54, 1.807) is 7.05 Å². The number of likely N-dealkylation sites (N-methyl/N-ethyl adjacent to an activating group) is 1. The monoisotopic (exact) mass is 494 g/mol. The zero-order valence-electron chi connectivity index (χ0n) is 20.6. The average molecular weight is 495 g/mol. The van der Waals surface area contributed by atoms with E-state index in [9.17, 15) is 14.9 Å². The number of benzene rings is 1. The summed E-state index contributed by atoms with van der Waals surface area (Å²) in [5.74, 6) is 0.338. The molecule has 35 heavy (non-hydrogen) atoms. The molecule has 184 valence electrons. The maximum absolute atomic E-state index is 11.8. The summed E-state index contributed by atoms with van der Waals surface area (Å²) < 4.78 is 5.24.